The number of ether oxygens (including phenoxy) is 2. The van der Waals surface area contributed by atoms with E-state index in [9.17, 15) is 13.2 Å². The van der Waals surface area contributed by atoms with Crippen LogP contribution in [0.3, 0.4) is 0 Å². The molecule has 2 rings (SSSR count). The van der Waals surface area contributed by atoms with E-state index in [4.69, 9.17) is 16.3 Å². The minimum Gasteiger partial charge on any atom is -0.497 e. The minimum absolute atomic E-state index is 0.102. The molecule has 0 aliphatic rings. The Hall–Kier alpha value is -2.25. The van der Waals surface area contributed by atoms with E-state index in [2.05, 4.69) is 4.74 Å². The van der Waals surface area contributed by atoms with E-state index in [1.54, 1.807) is 25.1 Å². The maximum Gasteiger partial charge on any atom is 0.339 e. The molecule has 0 unspecified atom stereocenters. The lowest BCUT2D eigenvalue weighted by Crippen LogP contribution is -2.31. The van der Waals surface area contributed by atoms with Crippen LogP contribution in [0, 0.1) is 0 Å². The highest BCUT2D eigenvalue weighted by Gasteiger charge is 2.25. The van der Waals surface area contributed by atoms with E-state index in [1.807, 2.05) is 0 Å². The first-order chi connectivity index (χ1) is 11.8. The average Bonchev–Trinajstić information content (AvgIpc) is 2.62. The monoisotopic (exact) mass is 383 g/mol. The van der Waals surface area contributed by atoms with E-state index in [1.165, 1.54) is 42.8 Å². The third kappa shape index (κ3) is 3.88. The van der Waals surface area contributed by atoms with E-state index < -0.39 is 16.0 Å². The van der Waals surface area contributed by atoms with Gasteiger partial charge in [0.05, 0.1) is 35.4 Å². The number of benzene rings is 2. The summed E-state index contributed by atoms with van der Waals surface area (Å²) in [5.41, 5.74) is 0.424. The van der Waals surface area contributed by atoms with Gasteiger partial charge < -0.3 is 9.47 Å². The number of sulfonamides is 1. The molecular formula is C17H18ClNO5S. The maximum atomic E-state index is 12.9. The number of carbonyl (C=O) groups excluding carboxylic acids is 1. The Bertz CT molecular complexity index is 865. The summed E-state index contributed by atoms with van der Waals surface area (Å²) in [6.07, 6.45) is 0. The molecule has 2 aromatic carbocycles. The van der Waals surface area contributed by atoms with Crippen molar-refractivity contribution in [2.75, 3.05) is 25.1 Å². The molecule has 134 valence electrons. The predicted octanol–water partition coefficient (Wildman–Crippen LogP) is 3.35. The Labute approximate surface area is 152 Å². The molecule has 0 aliphatic carbocycles. The highest BCUT2D eigenvalue weighted by Crippen LogP contribution is 2.28. The largest absolute Gasteiger partial charge is 0.497 e. The smallest absolute Gasteiger partial charge is 0.339 e. The maximum absolute atomic E-state index is 12.9. The molecule has 0 bridgehead atoms. The van der Waals surface area contributed by atoms with Crippen LogP contribution in [0.15, 0.2) is 47.4 Å². The van der Waals surface area contributed by atoms with Crippen LogP contribution in [0.1, 0.15) is 17.3 Å². The van der Waals surface area contributed by atoms with Gasteiger partial charge in [-0.15, -0.1) is 0 Å². The molecule has 0 saturated carbocycles. The fourth-order valence-corrected chi connectivity index (χ4v) is 3.96. The Morgan fingerprint density at radius 2 is 1.76 bits per heavy atom. The first-order valence-electron chi connectivity index (χ1n) is 7.39. The lowest BCUT2D eigenvalue weighted by Gasteiger charge is -2.23. The van der Waals surface area contributed by atoms with E-state index in [0.29, 0.717) is 11.4 Å². The molecule has 0 saturated heterocycles. The number of halogens is 1. The van der Waals surface area contributed by atoms with E-state index >= 15 is 0 Å². The van der Waals surface area contributed by atoms with Crippen LogP contribution in [0.4, 0.5) is 5.69 Å². The third-order valence-corrected chi connectivity index (χ3v) is 5.82. The van der Waals surface area contributed by atoms with Crippen molar-refractivity contribution in [1.82, 2.24) is 0 Å². The van der Waals surface area contributed by atoms with Gasteiger partial charge in [0.1, 0.15) is 5.75 Å². The molecule has 0 atom stereocenters. The molecule has 0 aliphatic heterocycles. The lowest BCUT2D eigenvalue weighted by molar-refractivity contribution is 0.0601. The summed E-state index contributed by atoms with van der Waals surface area (Å²) < 4.78 is 36.8. The molecule has 0 N–H and O–H groups in total. The second kappa shape index (κ2) is 7.76. The van der Waals surface area contributed by atoms with Crippen molar-refractivity contribution in [2.24, 2.45) is 0 Å². The highest BCUT2D eigenvalue weighted by atomic mass is 35.5. The van der Waals surface area contributed by atoms with Crippen molar-refractivity contribution >= 4 is 33.3 Å². The fraction of sp³-hybridized carbons (Fsp3) is 0.235. The quantitative estimate of drug-likeness (QED) is 0.715. The minimum atomic E-state index is -3.81. The van der Waals surface area contributed by atoms with E-state index in [0.717, 1.165) is 0 Å². The fourth-order valence-electron chi connectivity index (χ4n) is 2.30. The predicted molar refractivity (Wildman–Crippen MR) is 96.0 cm³/mol. The molecule has 0 radical (unpaired) electrons. The van der Waals surface area contributed by atoms with Gasteiger partial charge in [-0.05, 0) is 49.4 Å². The third-order valence-electron chi connectivity index (χ3n) is 3.58. The molecular weight excluding hydrogens is 366 g/mol. The number of hydrogen-bond acceptors (Lipinski definition) is 5. The van der Waals surface area contributed by atoms with Crippen molar-refractivity contribution in [3.8, 4) is 5.75 Å². The first-order valence-corrected chi connectivity index (χ1v) is 9.21. The van der Waals surface area contributed by atoms with Gasteiger partial charge in [-0.3, -0.25) is 4.31 Å². The molecule has 25 heavy (non-hydrogen) atoms. The highest BCUT2D eigenvalue weighted by molar-refractivity contribution is 7.92. The van der Waals surface area contributed by atoms with Gasteiger partial charge in [0.25, 0.3) is 10.0 Å². The Morgan fingerprint density at radius 3 is 2.28 bits per heavy atom. The summed E-state index contributed by atoms with van der Waals surface area (Å²) in [6, 6.07) is 10.5. The summed E-state index contributed by atoms with van der Waals surface area (Å²) in [5, 5.41) is 0.188. The molecule has 0 aromatic heterocycles. The van der Waals surface area contributed by atoms with Crippen molar-refractivity contribution in [3.63, 3.8) is 0 Å². The van der Waals surface area contributed by atoms with E-state index in [-0.39, 0.29) is 22.0 Å². The van der Waals surface area contributed by atoms with Crippen LogP contribution < -0.4 is 9.04 Å². The van der Waals surface area contributed by atoms with Crippen molar-refractivity contribution in [2.45, 2.75) is 11.8 Å². The summed E-state index contributed by atoms with van der Waals surface area (Å²) >= 11 is 6.00. The zero-order valence-corrected chi connectivity index (χ0v) is 15.6. The topological polar surface area (TPSA) is 72.9 Å². The molecule has 6 nitrogen and oxygen atoms in total. The number of carbonyl (C=O) groups is 1. The van der Waals surface area contributed by atoms with Gasteiger partial charge in [0.15, 0.2) is 0 Å². The van der Waals surface area contributed by atoms with Crippen molar-refractivity contribution < 1.29 is 22.7 Å². The number of methoxy groups -OCH3 is 2. The van der Waals surface area contributed by atoms with Crippen LogP contribution in [0.2, 0.25) is 5.02 Å². The van der Waals surface area contributed by atoms with Crippen LogP contribution >= 0.6 is 11.6 Å². The number of rotatable bonds is 6. The van der Waals surface area contributed by atoms with Gasteiger partial charge in [0.2, 0.25) is 0 Å². The Morgan fingerprint density at radius 1 is 1.12 bits per heavy atom. The van der Waals surface area contributed by atoms with Gasteiger partial charge in [-0.25, -0.2) is 13.2 Å². The molecule has 0 spiro atoms. The Kier molecular flexibility index (Phi) is 5.92. The molecule has 0 heterocycles. The second-order valence-corrected chi connectivity index (χ2v) is 7.27. The number of esters is 1. The zero-order valence-electron chi connectivity index (χ0n) is 14.0. The van der Waals surface area contributed by atoms with Crippen LogP contribution in [-0.4, -0.2) is 35.2 Å². The normalized spacial score (nSPS) is 11.0. The first kappa shape index (κ1) is 19.1. The number of nitrogens with zero attached hydrogens (tertiary/aromatic N) is 1. The van der Waals surface area contributed by atoms with Crippen LogP contribution in [-0.2, 0) is 14.8 Å². The van der Waals surface area contributed by atoms with Crippen LogP contribution in [0.5, 0.6) is 5.75 Å². The molecule has 2 aromatic rings. The van der Waals surface area contributed by atoms with Gasteiger partial charge >= 0.3 is 5.97 Å². The Balaban J connectivity index is 2.49. The molecule has 8 heteroatoms. The van der Waals surface area contributed by atoms with Crippen molar-refractivity contribution in [3.05, 3.63) is 53.1 Å². The summed E-state index contributed by atoms with van der Waals surface area (Å²) in [7, 11) is -1.07. The molecule has 0 amide bonds. The van der Waals surface area contributed by atoms with Crippen molar-refractivity contribution in [1.29, 1.82) is 0 Å². The number of anilines is 1. The number of hydrogen-bond donors (Lipinski definition) is 0. The SMILES string of the molecule is CCN(c1ccc(Cl)c(C(=O)OC)c1)S(=O)(=O)c1ccc(OC)cc1. The van der Waals surface area contributed by atoms with Gasteiger partial charge in [0, 0.05) is 6.54 Å². The molecule has 0 fully saturated rings. The van der Waals surface area contributed by atoms with Crippen LogP contribution in [0.25, 0.3) is 0 Å². The standard InChI is InChI=1S/C17H18ClNO5S/c1-4-19(12-5-10-16(18)15(11-12)17(20)24-3)25(21,22)14-8-6-13(23-2)7-9-14/h5-11H,4H2,1-3H3. The summed E-state index contributed by atoms with van der Waals surface area (Å²) in [5.74, 6) is -0.0776. The average molecular weight is 384 g/mol. The lowest BCUT2D eigenvalue weighted by atomic mass is 10.2. The van der Waals surface area contributed by atoms with Gasteiger partial charge in [-0.1, -0.05) is 11.6 Å². The second-order valence-electron chi connectivity index (χ2n) is 5.00. The summed E-state index contributed by atoms with van der Waals surface area (Å²) in [6.45, 7) is 1.88. The zero-order chi connectivity index (χ0) is 18.6. The summed E-state index contributed by atoms with van der Waals surface area (Å²) in [4.78, 5) is 11.9. The van der Waals surface area contributed by atoms with Gasteiger partial charge in [-0.2, -0.15) is 0 Å².